The molecular formula is C9H8S. The topological polar surface area (TPSA) is 0 Å². The summed E-state index contributed by atoms with van der Waals surface area (Å²) in [6, 6.07) is 0. The molecule has 0 fully saturated rings. The molecule has 0 unspecified atom stereocenters. The van der Waals surface area contributed by atoms with Crippen molar-refractivity contribution in [1.29, 1.82) is 0 Å². The van der Waals surface area contributed by atoms with Gasteiger partial charge in [-0.15, -0.1) is 12.6 Å². The minimum absolute atomic E-state index is 1.09. The summed E-state index contributed by atoms with van der Waals surface area (Å²) in [5.41, 5.74) is 3.91. The first kappa shape index (κ1) is 6.05. The van der Waals surface area contributed by atoms with Gasteiger partial charge in [-0.25, -0.2) is 0 Å². The molecule has 10 heavy (non-hydrogen) atoms. The second kappa shape index (κ2) is 1.89. The van der Waals surface area contributed by atoms with Gasteiger partial charge >= 0.3 is 0 Å². The van der Waals surface area contributed by atoms with Gasteiger partial charge in [-0.3, -0.25) is 0 Å². The highest BCUT2D eigenvalue weighted by molar-refractivity contribution is 7.84. The SMILES string of the molecule is CC1=CC2=C(S)C=CC2=C1. The molecule has 0 spiro atoms. The lowest BCUT2D eigenvalue weighted by Gasteiger charge is -1.90. The number of allylic oxidation sites excluding steroid dienone is 7. The zero-order chi connectivity index (χ0) is 7.14. The van der Waals surface area contributed by atoms with Crippen molar-refractivity contribution < 1.29 is 0 Å². The molecule has 0 atom stereocenters. The van der Waals surface area contributed by atoms with Gasteiger partial charge in [0.15, 0.2) is 0 Å². The van der Waals surface area contributed by atoms with E-state index in [1.807, 2.05) is 6.08 Å². The van der Waals surface area contributed by atoms with E-state index >= 15 is 0 Å². The van der Waals surface area contributed by atoms with E-state index in [1.165, 1.54) is 16.7 Å². The van der Waals surface area contributed by atoms with Crippen molar-refractivity contribution in [2.45, 2.75) is 6.92 Å². The molecule has 0 bridgehead atoms. The van der Waals surface area contributed by atoms with Crippen LogP contribution in [-0.4, -0.2) is 0 Å². The summed E-state index contributed by atoms with van der Waals surface area (Å²) in [5.74, 6) is 0. The summed E-state index contributed by atoms with van der Waals surface area (Å²) in [5, 5.41) is 0. The van der Waals surface area contributed by atoms with E-state index in [4.69, 9.17) is 0 Å². The van der Waals surface area contributed by atoms with Crippen LogP contribution in [-0.2, 0) is 0 Å². The lowest BCUT2D eigenvalue weighted by molar-refractivity contribution is 1.56. The second-order valence-electron chi connectivity index (χ2n) is 2.62. The minimum Gasteiger partial charge on any atom is -0.143 e. The third kappa shape index (κ3) is 0.706. The van der Waals surface area contributed by atoms with Crippen molar-refractivity contribution in [2.75, 3.05) is 0 Å². The zero-order valence-electron chi connectivity index (χ0n) is 5.76. The van der Waals surface area contributed by atoms with Crippen molar-refractivity contribution in [1.82, 2.24) is 0 Å². The van der Waals surface area contributed by atoms with E-state index in [0.717, 1.165) is 4.91 Å². The Morgan fingerprint density at radius 1 is 1.20 bits per heavy atom. The molecule has 0 nitrogen and oxygen atoms in total. The van der Waals surface area contributed by atoms with Gasteiger partial charge in [0.05, 0.1) is 0 Å². The Balaban J connectivity index is 2.58. The Labute approximate surface area is 66.0 Å². The Morgan fingerprint density at radius 2 is 2.00 bits per heavy atom. The fourth-order valence-electron chi connectivity index (χ4n) is 1.29. The zero-order valence-corrected chi connectivity index (χ0v) is 6.65. The number of hydrogen-bond acceptors (Lipinski definition) is 1. The third-order valence-electron chi connectivity index (χ3n) is 1.76. The molecule has 2 rings (SSSR count). The molecule has 0 aromatic heterocycles. The average molecular weight is 148 g/mol. The van der Waals surface area contributed by atoms with E-state index in [2.05, 4.69) is 37.8 Å². The van der Waals surface area contributed by atoms with Gasteiger partial charge in [0, 0.05) is 4.91 Å². The van der Waals surface area contributed by atoms with Crippen LogP contribution in [0.5, 0.6) is 0 Å². The quantitative estimate of drug-likeness (QED) is 0.501. The van der Waals surface area contributed by atoms with Crippen molar-refractivity contribution >= 4 is 12.6 Å². The molecule has 0 N–H and O–H groups in total. The highest BCUT2D eigenvalue weighted by atomic mass is 32.1. The largest absolute Gasteiger partial charge is 0.143 e. The molecule has 0 radical (unpaired) electrons. The molecular weight excluding hydrogens is 140 g/mol. The summed E-state index contributed by atoms with van der Waals surface area (Å²) in [4.78, 5) is 1.09. The maximum absolute atomic E-state index is 4.31. The molecule has 0 aromatic rings. The van der Waals surface area contributed by atoms with Crippen LogP contribution in [0.1, 0.15) is 6.92 Å². The number of fused-ring (bicyclic) bond motifs is 1. The Kier molecular flexibility index (Phi) is 1.15. The third-order valence-corrected chi connectivity index (χ3v) is 2.15. The Hall–Kier alpha value is -0.690. The molecule has 2 aliphatic carbocycles. The van der Waals surface area contributed by atoms with Crippen LogP contribution in [0, 0.1) is 0 Å². The van der Waals surface area contributed by atoms with Crippen LogP contribution in [0.2, 0.25) is 0 Å². The standard InChI is InChI=1S/C9H8S/c1-6-4-7-2-3-9(10)8(7)5-6/h2-5,10H,1H3. The van der Waals surface area contributed by atoms with Crippen LogP contribution >= 0.6 is 12.6 Å². The smallest absolute Gasteiger partial charge is 0.0119 e. The van der Waals surface area contributed by atoms with E-state index in [9.17, 15) is 0 Å². The summed E-state index contributed by atoms with van der Waals surface area (Å²) in [7, 11) is 0. The van der Waals surface area contributed by atoms with Crippen molar-refractivity contribution in [3.8, 4) is 0 Å². The number of thiol groups is 1. The molecule has 2 aliphatic rings. The monoisotopic (exact) mass is 148 g/mol. The highest BCUT2D eigenvalue weighted by Gasteiger charge is 2.13. The van der Waals surface area contributed by atoms with E-state index in [0.29, 0.717) is 0 Å². The van der Waals surface area contributed by atoms with Crippen LogP contribution in [0.3, 0.4) is 0 Å². The van der Waals surface area contributed by atoms with E-state index < -0.39 is 0 Å². The summed E-state index contributed by atoms with van der Waals surface area (Å²) >= 11 is 4.31. The van der Waals surface area contributed by atoms with Crippen LogP contribution in [0.15, 0.2) is 45.9 Å². The van der Waals surface area contributed by atoms with Gasteiger partial charge in [0.2, 0.25) is 0 Å². The predicted octanol–water partition coefficient (Wildman–Crippen LogP) is 2.63. The number of rotatable bonds is 0. The molecule has 50 valence electrons. The lowest BCUT2D eigenvalue weighted by atomic mass is 10.2. The maximum Gasteiger partial charge on any atom is 0.0119 e. The van der Waals surface area contributed by atoms with Gasteiger partial charge in [-0.1, -0.05) is 18.2 Å². The Morgan fingerprint density at radius 3 is 2.70 bits per heavy atom. The van der Waals surface area contributed by atoms with Crippen molar-refractivity contribution in [2.24, 2.45) is 0 Å². The molecule has 0 aromatic carbocycles. The lowest BCUT2D eigenvalue weighted by Crippen LogP contribution is -1.71. The van der Waals surface area contributed by atoms with Crippen LogP contribution in [0.4, 0.5) is 0 Å². The minimum atomic E-state index is 1.09. The van der Waals surface area contributed by atoms with E-state index in [-0.39, 0.29) is 0 Å². The summed E-state index contributed by atoms with van der Waals surface area (Å²) in [6.45, 7) is 2.10. The highest BCUT2D eigenvalue weighted by Crippen LogP contribution is 2.33. The molecule has 0 saturated heterocycles. The first-order valence-corrected chi connectivity index (χ1v) is 3.74. The molecule has 0 amide bonds. The van der Waals surface area contributed by atoms with E-state index in [1.54, 1.807) is 0 Å². The van der Waals surface area contributed by atoms with Gasteiger partial charge in [0.25, 0.3) is 0 Å². The molecule has 0 saturated carbocycles. The van der Waals surface area contributed by atoms with Crippen molar-refractivity contribution in [3.05, 3.63) is 45.9 Å². The van der Waals surface area contributed by atoms with Crippen LogP contribution in [0.25, 0.3) is 0 Å². The molecule has 0 aliphatic heterocycles. The maximum atomic E-state index is 4.31. The van der Waals surface area contributed by atoms with Gasteiger partial charge in [0.1, 0.15) is 0 Å². The predicted molar refractivity (Wildman–Crippen MR) is 47.0 cm³/mol. The average Bonchev–Trinajstić information content (AvgIpc) is 2.35. The molecule has 0 heterocycles. The number of hydrogen-bond donors (Lipinski definition) is 1. The summed E-state index contributed by atoms with van der Waals surface area (Å²) in [6.07, 6.45) is 8.48. The normalized spacial score (nSPS) is 21.4. The van der Waals surface area contributed by atoms with Gasteiger partial charge < -0.3 is 0 Å². The molecule has 1 heteroatoms. The second-order valence-corrected chi connectivity index (χ2v) is 3.10. The van der Waals surface area contributed by atoms with Crippen LogP contribution < -0.4 is 0 Å². The van der Waals surface area contributed by atoms with Gasteiger partial charge in [-0.05, 0) is 29.7 Å². The fraction of sp³-hybridized carbons (Fsp3) is 0.111. The van der Waals surface area contributed by atoms with Crippen molar-refractivity contribution in [3.63, 3.8) is 0 Å². The summed E-state index contributed by atoms with van der Waals surface area (Å²) < 4.78 is 0. The fourth-order valence-corrected chi connectivity index (χ4v) is 1.56. The first-order chi connectivity index (χ1) is 4.77. The Bertz CT molecular complexity index is 301. The van der Waals surface area contributed by atoms with Gasteiger partial charge in [-0.2, -0.15) is 0 Å². The first-order valence-electron chi connectivity index (χ1n) is 3.29.